The number of carbonyl (C=O) groups excluding carboxylic acids is 2. The van der Waals surface area contributed by atoms with E-state index < -0.39 is 0 Å². The van der Waals surface area contributed by atoms with Crippen LogP contribution in [-0.2, 0) is 9.59 Å². The first-order valence-electron chi connectivity index (χ1n) is 12.3. The molecule has 10 heteroatoms. The lowest BCUT2D eigenvalue weighted by Gasteiger charge is -2.13. The molecule has 3 aromatic rings. The number of anilines is 1. The molecule has 4 rings (SSSR count). The predicted molar refractivity (Wildman–Crippen MR) is 162 cm³/mol. The fourth-order valence-corrected chi connectivity index (χ4v) is 5.22. The van der Waals surface area contributed by atoms with Crippen molar-refractivity contribution in [2.45, 2.75) is 20.8 Å². The fraction of sp³-hybridized carbons (Fsp3) is 0.207. The molecule has 0 atom stereocenters. The van der Waals surface area contributed by atoms with Crippen molar-refractivity contribution < 1.29 is 19.1 Å². The largest absolute Gasteiger partial charge is 0.490 e. The molecule has 1 aliphatic heterocycles. The maximum Gasteiger partial charge on any atom is 0.266 e. The van der Waals surface area contributed by atoms with Crippen molar-refractivity contribution in [1.82, 2.24) is 4.90 Å². The Morgan fingerprint density at radius 2 is 1.90 bits per heavy atom. The van der Waals surface area contributed by atoms with Gasteiger partial charge in [-0.1, -0.05) is 35.9 Å². The Balaban J connectivity index is 1.51. The van der Waals surface area contributed by atoms with Crippen LogP contribution in [0.25, 0.3) is 6.08 Å². The molecule has 39 heavy (non-hydrogen) atoms. The number of amides is 2. The van der Waals surface area contributed by atoms with Crippen LogP contribution in [-0.4, -0.2) is 41.6 Å². The molecule has 1 heterocycles. The monoisotopic (exact) mass is 627 g/mol. The Morgan fingerprint density at radius 1 is 1.10 bits per heavy atom. The summed E-state index contributed by atoms with van der Waals surface area (Å²) in [6.07, 6.45) is 1.80. The van der Waals surface area contributed by atoms with Gasteiger partial charge in [0.15, 0.2) is 23.3 Å². The smallest absolute Gasteiger partial charge is 0.266 e. The molecule has 7 nitrogen and oxygen atoms in total. The number of nitrogens with one attached hydrogen (secondary N) is 1. The summed E-state index contributed by atoms with van der Waals surface area (Å²) in [6.45, 7) is 6.42. The van der Waals surface area contributed by atoms with Gasteiger partial charge >= 0.3 is 0 Å². The topological polar surface area (TPSA) is 80.2 Å². The number of rotatable bonds is 9. The summed E-state index contributed by atoms with van der Waals surface area (Å²) in [5.74, 6) is 0.519. The van der Waals surface area contributed by atoms with Crippen LogP contribution in [0.4, 0.5) is 11.4 Å². The minimum absolute atomic E-state index is 0.129. The van der Waals surface area contributed by atoms with E-state index in [9.17, 15) is 9.59 Å². The van der Waals surface area contributed by atoms with Crippen molar-refractivity contribution in [2.24, 2.45) is 4.99 Å². The van der Waals surface area contributed by atoms with Crippen molar-refractivity contribution in [1.29, 1.82) is 0 Å². The van der Waals surface area contributed by atoms with Gasteiger partial charge in [0, 0.05) is 16.7 Å². The number of likely N-dealkylation sites (N-methyl/N-ethyl adjacent to an activating group) is 1. The molecule has 1 saturated heterocycles. The van der Waals surface area contributed by atoms with Crippen LogP contribution in [0.15, 0.2) is 75.0 Å². The highest BCUT2D eigenvalue weighted by Gasteiger charge is 2.32. The lowest BCUT2D eigenvalue weighted by molar-refractivity contribution is -0.122. The van der Waals surface area contributed by atoms with Gasteiger partial charge in [-0.2, -0.15) is 0 Å². The zero-order valence-electron chi connectivity index (χ0n) is 21.7. The molecule has 0 aliphatic carbocycles. The first-order chi connectivity index (χ1) is 18.8. The third-order valence-corrected chi connectivity index (χ3v) is 7.91. The van der Waals surface area contributed by atoms with Gasteiger partial charge in [-0.3, -0.25) is 14.5 Å². The number of thioether (sulfide) groups is 1. The number of hydrogen-bond donors (Lipinski definition) is 1. The lowest BCUT2D eigenvalue weighted by atomic mass is 10.2. The van der Waals surface area contributed by atoms with Crippen molar-refractivity contribution in [3.05, 3.63) is 86.2 Å². The molecular weight excluding hydrogens is 602 g/mol. The Morgan fingerprint density at radius 3 is 2.62 bits per heavy atom. The summed E-state index contributed by atoms with van der Waals surface area (Å²) in [7, 11) is 0. The number of aryl methyl sites for hydroxylation is 1. The van der Waals surface area contributed by atoms with E-state index in [2.05, 4.69) is 26.2 Å². The second kappa shape index (κ2) is 13.2. The van der Waals surface area contributed by atoms with Crippen LogP contribution in [0.5, 0.6) is 11.5 Å². The number of hydrogen-bond acceptors (Lipinski definition) is 6. The van der Waals surface area contributed by atoms with Crippen molar-refractivity contribution >= 4 is 73.7 Å². The molecular formula is C29H27BrClN3O4S. The molecule has 0 spiro atoms. The van der Waals surface area contributed by atoms with Gasteiger partial charge in [0.2, 0.25) is 0 Å². The molecule has 3 aromatic carbocycles. The third-order valence-electron chi connectivity index (χ3n) is 5.68. The summed E-state index contributed by atoms with van der Waals surface area (Å²) in [6, 6.07) is 18.3. The quantitative estimate of drug-likeness (QED) is 0.249. The van der Waals surface area contributed by atoms with Gasteiger partial charge < -0.3 is 14.8 Å². The maximum absolute atomic E-state index is 13.1. The molecule has 2 amide bonds. The molecule has 1 fully saturated rings. The first kappa shape index (κ1) is 28.7. The molecule has 0 aromatic heterocycles. The van der Waals surface area contributed by atoms with Gasteiger partial charge in [0.05, 0.1) is 22.2 Å². The Bertz CT molecular complexity index is 1460. The van der Waals surface area contributed by atoms with E-state index >= 15 is 0 Å². The van der Waals surface area contributed by atoms with E-state index in [4.69, 9.17) is 21.1 Å². The van der Waals surface area contributed by atoms with Crippen molar-refractivity contribution in [3.8, 4) is 11.5 Å². The summed E-state index contributed by atoms with van der Waals surface area (Å²) >= 11 is 10.9. The number of carbonyl (C=O) groups is 2. The zero-order chi connectivity index (χ0) is 27.9. The highest BCUT2D eigenvalue weighted by molar-refractivity contribution is 9.10. The average molecular weight is 629 g/mol. The Hall–Kier alpha value is -3.27. The molecule has 202 valence electrons. The fourth-order valence-electron chi connectivity index (χ4n) is 3.73. The number of para-hydroxylation sites is 1. The van der Waals surface area contributed by atoms with E-state index in [0.717, 1.165) is 21.3 Å². The van der Waals surface area contributed by atoms with Crippen LogP contribution in [0.3, 0.4) is 0 Å². The minimum atomic E-state index is -0.274. The molecule has 0 unspecified atom stereocenters. The minimum Gasteiger partial charge on any atom is -0.490 e. The molecule has 1 N–H and O–H groups in total. The molecule has 1 aliphatic rings. The van der Waals surface area contributed by atoms with E-state index in [0.29, 0.717) is 45.4 Å². The highest BCUT2D eigenvalue weighted by atomic mass is 79.9. The van der Waals surface area contributed by atoms with Crippen molar-refractivity contribution in [3.63, 3.8) is 0 Å². The molecule has 0 radical (unpaired) electrons. The van der Waals surface area contributed by atoms with Crippen LogP contribution in [0.1, 0.15) is 25.0 Å². The first-order valence-corrected chi connectivity index (χ1v) is 14.3. The molecule has 0 saturated carbocycles. The Kier molecular flexibility index (Phi) is 9.72. The van der Waals surface area contributed by atoms with E-state index in [-0.39, 0.29) is 18.4 Å². The van der Waals surface area contributed by atoms with Gasteiger partial charge in [0.1, 0.15) is 0 Å². The number of ether oxygens (including phenoxy) is 2. The van der Waals surface area contributed by atoms with E-state index in [1.807, 2.05) is 63.2 Å². The summed E-state index contributed by atoms with van der Waals surface area (Å²) in [5.41, 5.74) is 3.12. The van der Waals surface area contributed by atoms with Crippen molar-refractivity contribution in [2.75, 3.05) is 25.1 Å². The average Bonchev–Trinajstić information content (AvgIpc) is 3.20. The number of nitrogens with zero attached hydrogens (tertiary/aromatic N) is 2. The number of benzene rings is 3. The third kappa shape index (κ3) is 7.23. The van der Waals surface area contributed by atoms with Crippen LogP contribution < -0.4 is 14.8 Å². The van der Waals surface area contributed by atoms with Gasteiger partial charge in [0.25, 0.3) is 11.8 Å². The lowest BCUT2D eigenvalue weighted by Crippen LogP contribution is -2.28. The van der Waals surface area contributed by atoms with E-state index in [1.165, 1.54) is 11.8 Å². The van der Waals surface area contributed by atoms with Gasteiger partial charge in [-0.05, 0) is 102 Å². The maximum atomic E-state index is 13.1. The molecule has 0 bridgehead atoms. The number of aliphatic imine (C=N–C) groups is 1. The van der Waals surface area contributed by atoms with Gasteiger partial charge in [-0.25, -0.2) is 4.99 Å². The number of amidine groups is 1. The highest BCUT2D eigenvalue weighted by Crippen LogP contribution is 2.36. The van der Waals surface area contributed by atoms with E-state index in [1.54, 1.807) is 29.2 Å². The summed E-state index contributed by atoms with van der Waals surface area (Å²) < 4.78 is 12.3. The number of halogens is 2. The predicted octanol–water partition coefficient (Wildman–Crippen LogP) is 7.45. The van der Waals surface area contributed by atoms with Crippen LogP contribution >= 0.6 is 39.3 Å². The standard InChI is InChI=1S/C29H27BrClN3O4S/c1-4-34-28(36)26(39-29(34)32-20-11-12-21(30)22(31)16-20)15-19-10-13-24(25(14-19)37-5-2)38-17-27(35)33-23-9-7-6-8-18(23)3/h6-16H,4-5,17H2,1-3H3,(H,33,35)/b26-15+,32-29?. The van der Waals surface area contributed by atoms with Gasteiger partial charge in [-0.15, -0.1) is 0 Å². The summed E-state index contributed by atoms with van der Waals surface area (Å²) in [4.78, 5) is 32.4. The van der Waals surface area contributed by atoms with Crippen LogP contribution in [0.2, 0.25) is 5.02 Å². The zero-order valence-corrected chi connectivity index (χ0v) is 24.8. The normalized spacial score (nSPS) is 15.2. The van der Waals surface area contributed by atoms with Crippen LogP contribution in [0, 0.1) is 6.92 Å². The SMILES string of the molecule is CCOc1cc(/C=C2/SC(=Nc3ccc(Br)c(Cl)c3)N(CC)C2=O)ccc1OCC(=O)Nc1ccccc1C. The Labute approximate surface area is 245 Å². The second-order valence-corrected chi connectivity index (χ2v) is 10.7. The second-order valence-electron chi connectivity index (χ2n) is 8.44. The summed E-state index contributed by atoms with van der Waals surface area (Å²) in [5, 5.41) is 3.98.